The first kappa shape index (κ1) is 27.7. The average molecular weight is 599 g/mol. The van der Waals surface area contributed by atoms with Crippen LogP contribution in [-0.4, -0.2) is 46.6 Å². The number of alkyl halides is 3. The lowest BCUT2D eigenvalue weighted by atomic mass is 9.93. The van der Waals surface area contributed by atoms with Crippen molar-refractivity contribution in [3.8, 4) is 11.3 Å². The van der Waals surface area contributed by atoms with Gasteiger partial charge in [0, 0.05) is 21.3 Å². The number of nitrogen functional groups attached to an aromatic ring is 1. The molecule has 0 saturated heterocycles. The SMILES string of the molecule is Nc1ccc(Cl)c(C(NS(=O)(=O)C2CC2)c2cc3cccc(-c4cc(C(O)(CO)C(F)(F)F)ccn4)c3s2)n1. The van der Waals surface area contributed by atoms with Crippen LogP contribution >= 0.6 is 22.9 Å². The van der Waals surface area contributed by atoms with E-state index in [9.17, 15) is 31.8 Å². The van der Waals surface area contributed by atoms with E-state index in [-0.39, 0.29) is 22.2 Å². The van der Waals surface area contributed by atoms with Crippen molar-refractivity contribution in [1.82, 2.24) is 14.7 Å². The summed E-state index contributed by atoms with van der Waals surface area (Å²) in [6.45, 7) is -1.57. The zero-order valence-corrected chi connectivity index (χ0v) is 22.4. The van der Waals surface area contributed by atoms with Crippen LogP contribution in [0.3, 0.4) is 0 Å². The van der Waals surface area contributed by atoms with Crippen molar-refractivity contribution >= 4 is 48.9 Å². The number of aliphatic hydroxyl groups is 2. The Kier molecular flexibility index (Phi) is 7.10. The summed E-state index contributed by atoms with van der Waals surface area (Å²) in [7, 11) is -3.70. The summed E-state index contributed by atoms with van der Waals surface area (Å²) in [5.74, 6) is 0.147. The van der Waals surface area contributed by atoms with Crippen LogP contribution in [0.1, 0.15) is 35.0 Å². The number of pyridine rings is 2. The van der Waals surface area contributed by atoms with Crippen molar-refractivity contribution in [2.24, 2.45) is 0 Å². The molecular formula is C25H22ClF3N4O4S2. The molecular weight excluding hydrogens is 577 g/mol. The third-order valence-electron chi connectivity index (χ3n) is 6.47. The van der Waals surface area contributed by atoms with Crippen molar-refractivity contribution in [2.45, 2.75) is 35.9 Å². The van der Waals surface area contributed by atoms with Crippen molar-refractivity contribution in [2.75, 3.05) is 12.3 Å². The molecule has 0 bridgehead atoms. The molecule has 206 valence electrons. The maximum absolute atomic E-state index is 13.6. The summed E-state index contributed by atoms with van der Waals surface area (Å²) in [5.41, 5.74) is 2.62. The van der Waals surface area contributed by atoms with Crippen LogP contribution < -0.4 is 10.5 Å². The normalized spacial score (nSPS) is 16.8. The number of benzene rings is 1. The molecule has 1 aliphatic carbocycles. The number of anilines is 1. The minimum Gasteiger partial charge on any atom is -0.393 e. The van der Waals surface area contributed by atoms with Gasteiger partial charge in [-0.1, -0.05) is 29.8 Å². The van der Waals surface area contributed by atoms with E-state index in [1.165, 1.54) is 23.5 Å². The second-order valence-corrected chi connectivity index (χ2v) is 12.7. The number of halogens is 4. The topological polar surface area (TPSA) is 138 Å². The highest BCUT2D eigenvalue weighted by atomic mass is 35.5. The Hall–Kier alpha value is -2.81. The van der Waals surface area contributed by atoms with Crippen LogP contribution in [-0.2, 0) is 15.6 Å². The predicted molar refractivity (Wildman–Crippen MR) is 143 cm³/mol. The van der Waals surface area contributed by atoms with Crippen molar-refractivity contribution in [1.29, 1.82) is 0 Å². The number of aliphatic hydroxyl groups excluding tert-OH is 1. The number of nitrogens with one attached hydrogen (secondary N) is 1. The number of thiophene rings is 1. The summed E-state index contributed by atoms with van der Waals surface area (Å²) < 4.78 is 69.9. The highest BCUT2D eigenvalue weighted by Gasteiger charge is 2.55. The van der Waals surface area contributed by atoms with E-state index in [0.717, 1.165) is 18.3 Å². The summed E-state index contributed by atoms with van der Waals surface area (Å²) in [4.78, 5) is 9.02. The standard InChI is InChI=1S/C25H22ClF3N4O4S2/c26-17-6-7-20(30)32-21(17)22(33-39(36,37)15-4-5-15)19-10-13-2-1-3-16(23(13)38-19)18-11-14(8-9-31-18)24(35,12-34)25(27,28)29/h1-3,6-11,15,22,33-35H,4-5,12H2,(H2,30,32). The van der Waals surface area contributed by atoms with Gasteiger partial charge in [0.2, 0.25) is 15.6 Å². The average Bonchev–Trinajstić information content (AvgIpc) is 3.67. The van der Waals surface area contributed by atoms with Crippen molar-refractivity contribution in [3.05, 3.63) is 75.9 Å². The lowest BCUT2D eigenvalue weighted by Crippen LogP contribution is -2.45. The van der Waals surface area contributed by atoms with Gasteiger partial charge in [-0.25, -0.2) is 18.1 Å². The molecule has 4 aromatic rings. The highest BCUT2D eigenvalue weighted by molar-refractivity contribution is 7.90. The Labute approximate surface area is 230 Å². The van der Waals surface area contributed by atoms with Gasteiger partial charge in [-0.05, 0) is 54.1 Å². The smallest absolute Gasteiger partial charge is 0.393 e. The van der Waals surface area contributed by atoms with Crippen LogP contribution in [0.4, 0.5) is 19.0 Å². The molecule has 5 N–H and O–H groups in total. The summed E-state index contributed by atoms with van der Waals surface area (Å²) in [6.07, 6.45) is -2.93. The fourth-order valence-electron chi connectivity index (χ4n) is 4.17. The second kappa shape index (κ2) is 9.98. The Balaban J connectivity index is 1.64. The minimum atomic E-state index is -5.13. The first-order chi connectivity index (χ1) is 18.3. The van der Waals surface area contributed by atoms with Gasteiger partial charge in [-0.3, -0.25) is 4.98 Å². The van der Waals surface area contributed by atoms with E-state index in [2.05, 4.69) is 14.7 Å². The van der Waals surface area contributed by atoms with Crippen LogP contribution in [0.25, 0.3) is 21.3 Å². The predicted octanol–water partition coefficient (Wildman–Crippen LogP) is 4.51. The number of nitrogens with zero attached hydrogens (tertiary/aromatic N) is 2. The Morgan fingerprint density at radius 1 is 1.18 bits per heavy atom. The number of fused-ring (bicyclic) bond motifs is 1. The molecule has 0 aliphatic heterocycles. The molecule has 0 radical (unpaired) electrons. The number of aromatic nitrogens is 2. The van der Waals surface area contributed by atoms with Crippen LogP contribution in [0.15, 0.2) is 54.7 Å². The molecule has 39 heavy (non-hydrogen) atoms. The van der Waals surface area contributed by atoms with Crippen molar-refractivity contribution in [3.63, 3.8) is 0 Å². The van der Waals surface area contributed by atoms with Crippen LogP contribution in [0, 0.1) is 0 Å². The van der Waals surface area contributed by atoms with Gasteiger partial charge >= 0.3 is 6.18 Å². The summed E-state index contributed by atoms with van der Waals surface area (Å²) in [5, 5.41) is 20.0. The monoisotopic (exact) mass is 598 g/mol. The van der Waals surface area contributed by atoms with Gasteiger partial charge in [0.05, 0.1) is 34.3 Å². The van der Waals surface area contributed by atoms with E-state index in [1.54, 1.807) is 24.3 Å². The fourth-order valence-corrected chi connectivity index (χ4v) is 7.21. The number of hydrogen-bond donors (Lipinski definition) is 4. The van der Waals surface area contributed by atoms with E-state index < -0.39 is 45.3 Å². The second-order valence-electron chi connectivity index (χ2n) is 9.22. The number of rotatable bonds is 8. The van der Waals surface area contributed by atoms with Crippen LogP contribution in [0.2, 0.25) is 5.02 Å². The first-order valence-corrected chi connectivity index (χ1v) is 14.4. The van der Waals surface area contributed by atoms with Gasteiger partial charge in [0.25, 0.3) is 0 Å². The van der Waals surface area contributed by atoms with Gasteiger partial charge in [-0.2, -0.15) is 13.2 Å². The molecule has 1 saturated carbocycles. The largest absolute Gasteiger partial charge is 0.423 e. The quantitative estimate of drug-likeness (QED) is 0.234. The molecule has 1 fully saturated rings. The number of nitrogens with two attached hydrogens (primary N) is 1. The van der Waals surface area contributed by atoms with Gasteiger partial charge < -0.3 is 15.9 Å². The Morgan fingerprint density at radius 2 is 1.92 bits per heavy atom. The third-order valence-corrected chi connectivity index (χ3v) is 9.95. The maximum Gasteiger partial charge on any atom is 0.423 e. The van der Waals surface area contributed by atoms with Gasteiger partial charge in [0.15, 0.2) is 0 Å². The first-order valence-electron chi connectivity index (χ1n) is 11.7. The molecule has 8 nitrogen and oxygen atoms in total. The maximum atomic E-state index is 13.6. The zero-order valence-electron chi connectivity index (χ0n) is 20.0. The lowest BCUT2D eigenvalue weighted by Gasteiger charge is -2.29. The van der Waals surface area contributed by atoms with Gasteiger partial charge in [0.1, 0.15) is 5.82 Å². The third kappa shape index (κ3) is 5.22. The summed E-state index contributed by atoms with van der Waals surface area (Å²) in [6, 6.07) is 10.9. The molecule has 3 heterocycles. The van der Waals surface area contributed by atoms with Gasteiger partial charge in [-0.15, -0.1) is 11.3 Å². The summed E-state index contributed by atoms with van der Waals surface area (Å²) >= 11 is 7.60. The molecule has 1 aliphatic rings. The highest BCUT2D eigenvalue weighted by Crippen LogP contribution is 2.43. The molecule has 2 atom stereocenters. The zero-order chi connectivity index (χ0) is 28.2. The molecule has 5 rings (SSSR count). The number of hydrogen-bond acceptors (Lipinski definition) is 8. The Morgan fingerprint density at radius 3 is 2.59 bits per heavy atom. The van der Waals surface area contributed by atoms with E-state index in [0.29, 0.717) is 33.4 Å². The Bertz CT molecular complexity index is 1660. The molecule has 0 spiro atoms. The molecule has 0 amide bonds. The molecule has 2 unspecified atom stereocenters. The lowest BCUT2D eigenvalue weighted by molar-refractivity contribution is -0.277. The van der Waals surface area contributed by atoms with E-state index in [4.69, 9.17) is 17.3 Å². The molecule has 3 aromatic heterocycles. The minimum absolute atomic E-state index is 0.123. The molecule has 14 heteroatoms. The molecule has 1 aromatic carbocycles. The van der Waals surface area contributed by atoms with E-state index >= 15 is 0 Å². The van der Waals surface area contributed by atoms with E-state index in [1.807, 2.05) is 0 Å². The van der Waals surface area contributed by atoms with Crippen molar-refractivity contribution < 1.29 is 31.8 Å². The fraction of sp³-hybridized carbons (Fsp3) is 0.280. The van der Waals surface area contributed by atoms with Crippen LogP contribution in [0.5, 0.6) is 0 Å². The number of sulfonamides is 1.